The van der Waals surface area contributed by atoms with Crippen molar-refractivity contribution in [2.45, 2.75) is 18.4 Å². The minimum atomic E-state index is -3.81. The summed E-state index contributed by atoms with van der Waals surface area (Å²) in [4.78, 5) is 16.5. The maximum absolute atomic E-state index is 12.8. The van der Waals surface area contributed by atoms with E-state index in [-0.39, 0.29) is 23.5 Å². The van der Waals surface area contributed by atoms with Crippen molar-refractivity contribution in [3.05, 3.63) is 76.9 Å². The quantitative estimate of drug-likeness (QED) is 0.523. The van der Waals surface area contributed by atoms with Gasteiger partial charge in [-0.3, -0.25) is 9.78 Å². The SMILES string of the molecule is Cc1ccc2cccc(S(=O)(=O)NCCn3nc(-c4ccco4)ccc3=O)c2n1. The molecule has 1 aromatic carbocycles. The molecule has 0 atom stereocenters. The third kappa shape index (κ3) is 3.96. The molecule has 0 aliphatic rings. The Morgan fingerprint density at radius 1 is 1.07 bits per heavy atom. The van der Waals surface area contributed by atoms with Gasteiger partial charge in [0.2, 0.25) is 10.0 Å². The highest BCUT2D eigenvalue weighted by molar-refractivity contribution is 7.89. The summed E-state index contributed by atoms with van der Waals surface area (Å²) in [5.74, 6) is 0.525. The second-order valence-electron chi connectivity index (χ2n) is 6.44. The molecule has 148 valence electrons. The van der Waals surface area contributed by atoms with Gasteiger partial charge in [0.25, 0.3) is 5.56 Å². The molecule has 0 saturated carbocycles. The second kappa shape index (κ2) is 7.61. The normalized spacial score (nSPS) is 11.8. The van der Waals surface area contributed by atoms with Crippen molar-refractivity contribution in [2.24, 2.45) is 0 Å². The lowest BCUT2D eigenvalue weighted by atomic mass is 10.2. The molecule has 0 bridgehead atoms. The third-order valence-corrected chi connectivity index (χ3v) is 5.86. The van der Waals surface area contributed by atoms with Crippen LogP contribution in [0.25, 0.3) is 22.4 Å². The van der Waals surface area contributed by atoms with Crippen LogP contribution in [0.3, 0.4) is 0 Å². The molecule has 0 spiro atoms. The number of rotatable bonds is 6. The fraction of sp³-hybridized carbons (Fsp3) is 0.150. The number of aromatic nitrogens is 3. The Morgan fingerprint density at radius 2 is 1.93 bits per heavy atom. The van der Waals surface area contributed by atoms with E-state index in [1.165, 1.54) is 23.1 Å². The summed E-state index contributed by atoms with van der Waals surface area (Å²) in [6, 6.07) is 15.0. The van der Waals surface area contributed by atoms with Crippen LogP contribution in [0.1, 0.15) is 5.69 Å². The van der Waals surface area contributed by atoms with Gasteiger partial charge >= 0.3 is 0 Å². The summed E-state index contributed by atoms with van der Waals surface area (Å²) in [5.41, 5.74) is 1.30. The minimum Gasteiger partial charge on any atom is -0.463 e. The molecule has 0 unspecified atom stereocenters. The first-order valence-electron chi connectivity index (χ1n) is 8.92. The summed E-state index contributed by atoms with van der Waals surface area (Å²) in [7, 11) is -3.81. The first-order chi connectivity index (χ1) is 13.9. The van der Waals surface area contributed by atoms with Crippen molar-refractivity contribution < 1.29 is 12.8 Å². The Labute approximate surface area is 166 Å². The van der Waals surface area contributed by atoms with Crippen LogP contribution in [0.4, 0.5) is 0 Å². The lowest BCUT2D eigenvalue weighted by molar-refractivity contribution is 0.540. The summed E-state index contributed by atoms with van der Waals surface area (Å²) >= 11 is 0. The lowest BCUT2D eigenvalue weighted by Gasteiger charge is -2.10. The molecule has 0 aliphatic heterocycles. The van der Waals surface area contributed by atoms with E-state index in [9.17, 15) is 13.2 Å². The number of benzene rings is 1. The number of para-hydroxylation sites is 1. The van der Waals surface area contributed by atoms with E-state index in [0.717, 1.165) is 11.1 Å². The van der Waals surface area contributed by atoms with Crippen LogP contribution in [0.15, 0.2) is 75.0 Å². The van der Waals surface area contributed by atoms with E-state index in [1.54, 1.807) is 31.2 Å². The summed E-state index contributed by atoms with van der Waals surface area (Å²) in [6.45, 7) is 1.88. The molecule has 0 saturated heterocycles. The van der Waals surface area contributed by atoms with Gasteiger partial charge in [-0.05, 0) is 37.3 Å². The van der Waals surface area contributed by atoms with E-state index in [1.807, 2.05) is 18.2 Å². The molecule has 0 radical (unpaired) electrons. The summed E-state index contributed by atoms with van der Waals surface area (Å²) < 4.78 is 34.6. The maximum atomic E-state index is 12.8. The van der Waals surface area contributed by atoms with Gasteiger partial charge < -0.3 is 4.42 Å². The van der Waals surface area contributed by atoms with Crippen LogP contribution >= 0.6 is 0 Å². The zero-order chi connectivity index (χ0) is 20.4. The number of hydrogen-bond acceptors (Lipinski definition) is 6. The van der Waals surface area contributed by atoms with Gasteiger partial charge in [0.15, 0.2) is 5.76 Å². The number of pyridine rings is 1. The zero-order valence-electron chi connectivity index (χ0n) is 15.6. The number of hydrogen-bond donors (Lipinski definition) is 1. The molecule has 0 fully saturated rings. The molecule has 9 heteroatoms. The van der Waals surface area contributed by atoms with Gasteiger partial charge in [0.1, 0.15) is 10.6 Å². The average molecular weight is 410 g/mol. The van der Waals surface area contributed by atoms with E-state index in [0.29, 0.717) is 17.0 Å². The molecule has 3 heterocycles. The van der Waals surface area contributed by atoms with Crippen LogP contribution in [-0.2, 0) is 16.6 Å². The first kappa shape index (κ1) is 19.0. The molecule has 8 nitrogen and oxygen atoms in total. The van der Waals surface area contributed by atoms with Crippen LogP contribution in [0, 0.1) is 6.92 Å². The number of nitrogens with zero attached hydrogens (tertiary/aromatic N) is 3. The van der Waals surface area contributed by atoms with E-state index in [2.05, 4.69) is 14.8 Å². The van der Waals surface area contributed by atoms with E-state index < -0.39 is 10.0 Å². The molecule has 0 aliphatic carbocycles. The molecular formula is C20H18N4O4S. The second-order valence-corrected chi connectivity index (χ2v) is 8.17. The third-order valence-electron chi connectivity index (χ3n) is 4.37. The number of furan rings is 1. The van der Waals surface area contributed by atoms with Crippen LogP contribution < -0.4 is 10.3 Å². The Bertz CT molecular complexity index is 1330. The van der Waals surface area contributed by atoms with Crippen molar-refractivity contribution in [3.63, 3.8) is 0 Å². The monoisotopic (exact) mass is 410 g/mol. The first-order valence-corrected chi connectivity index (χ1v) is 10.4. The summed E-state index contributed by atoms with van der Waals surface area (Å²) in [6.07, 6.45) is 1.51. The molecule has 1 N–H and O–H groups in total. The number of nitrogens with one attached hydrogen (secondary N) is 1. The van der Waals surface area contributed by atoms with Crippen molar-refractivity contribution in [2.75, 3.05) is 6.54 Å². The van der Waals surface area contributed by atoms with Crippen LogP contribution in [0.2, 0.25) is 0 Å². The largest absolute Gasteiger partial charge is 0.463 e. The molecule has 0 amide bonds. The van der Waals surface area contributed by atoms with Gasteiger partial charge in [-0.1, -0.05) is 18.2 Å². The highest BCUT2D eigenvalue weighted by Gasteiger charge is 2.18. The molecule has 29 heavy (non-hydrogen) atoms. The average Bonchev–Trinajstić information content (AvgIpc) is 3.23. The predicted molar refractivity (Wildman–Crippen MR) is 108 cm³/mol. The van der Waals surface area contributed by atoms with Crippen molar-refractivity contribution in [3.8, 4) is 11.5 Å². The fourth-order valence-corrected chi connectivity index (χ4v) is 4.15. The Balaban J connectivity index is 1.55. The van der Waals surface area contributed by atoms with Crippen molar-refractivity contribution in [1.82, 2.24) is 19.5 Å². The highest BCUT2D eigenvalue weighted by Crippen LogP contribution is 2.21. The predicted octanol–water partition coefficient (Wildman–Crippen LogP) is 2.34. The van der Waals surface area contributed by atoms with Crippen LogP contribution in [0.5, 0.6) is 0 Å². The van der Waals surface area contributed by atoms with Gasteiger partial charge in [0, 0.05) is 23.7 Å². The molecule has 3 aromatic heterocycles. The van der Waals surface area contributed by atoms with Gasteiger partial charge in [-0.15, -0.1) is 0 Å². The minimum absolute atomic E-state index is 0.000941. The Morgan fingerprint density at radius 3 is 2.72 bits per heavy atom. The highest BCUT2D eigenvalue weighted by atomic mass is 32.2. The topological polar surface area (TPSA) is 107 Å². The van der Waals surface area contributed by atoms with Gasteiger partial charge in [-0.2, -0.15) is 5.10 Å². The van der Waals surface area contributed by atoms with Crippen LogP contribution in [-0.4, -0.2) is 29.7 Å². The zero-order valence-corrected chi connectivity index (χ0v) is 16.4. The van der Waals surface area contributed by atoms with E-state index in [4.69, 9.17) is 4.42 Å². The number of fused-ring (bicyclic) bond motifs is 1. The fourth-order valence-electron chi connectivity index (χ4n) is 2.96. The van der Waals surface area contributed by atoms with Crippen molar-refractivity contribution >= 4 is 20.9 Å². The Kier molecular flexibility index (Phi) is 4.99. The molecule has 4 rings (SSSR count). The maximum Gasteiger partial charge on any atom is 0.266 e. The standard InChI is InChI=1S/C20H18N4O4S/c1-14-7-8-15-4-2-6-18(20(15)22-14)29(26,27)21-11-12-24-19(25)10-9-16(23-24)17-5-3-13-28-17/h2-10,13,21H,11-12H2,1H3. The molecular weight excluding hydrogens is 392 g/mol. The number of aryl methyl sites for hydroxylation is 1. The summed E-state index contributed by atoms with van der Waals surface area (Å²) in [5, 5.41) is 4.97. The smallest absolute Gasteiger partial charge is 0.266 e. The van der Waals surface area contributed by atoms with Gasteiger partial charge in [-0.25, -0.2) is 17.8 Å². The lowest BCUT2D eigenvalue weighted by Crippen LogP contribution is -2.32. The molecule has 4 aromatic rings. The number of sulfonamides is 1. The Hall–Kier alpha value is -3.30. The van der Waals surface area contributed by atoms with E-state index >= 15 is 0 Å². The van der Waals surface area contributed by atoms with Crippen molar-refractivity contribution in [1.29, 1.82) is 0 Å². The van der Waals surface area contributed by atoms with Gasteiger partial charge in [0.05, 0.1) is 18.3 Å².